The molecule has 106 valence electrons. The molecule has 5 nitrogen and oxygen atoms in total. The van der Waals surface area contributed by atoms with Crippen LogP contribution in [0.4, 0.5) is 0 Å². The number of aromatic amines is 1. The van der Waals surface area contributed by atoms with Crippen LogP contribution in [0.5, 0.6) is 5.75 Å². The van der Waals surface area contributed by atoms with Gasteiger partial charge in [0.25, 0.3) is 5.56 Å². The van der Waals surface area contributed by atoms with Gasteiger partial charge in [-0.25, -0.2) is 4.98 Å². The van der Waals surface area contributed by atoms with Gasteiger partial charge in [-0.05, 0) is 40.8 Å². The van der Waals surface area contributed by atoms with E-state index in [-0.39, 0.29) is 12.2 Å². The summed E-state index contributed by atoms with van der Waals surface area (Å²) in [6.45, 7) is 0.283. The second-order valence-corrected chi connectivity index (χ2v) is 5.95. The molecule has 0 bridgehead atoms. The Kier molecular flexibility index (Phi) is 5.17. The number of hydrogen-bond donors (Lipinski definition) is 1. The molecule has 0 unspecified atom stereocenters. The molecule has 7 heteroatoms. The van der Waals surface area contributed by atoms with Crippen LogP contribution < -0.4 is 10.3 Å². The zero-order valence-corrected chi connectivity index (χ0v) is 14.6. The van der Waals surface area contributed by atoms with E-state index in [1.165, 1.54) is 0 Å². The van der Waals surface area contributed by atoms with E-state index < -0.39 is 0 Å². The first-order valence-electron chi connectivity index (χ1n) is 5.68. The van der Waals surface area contributed by atoms with Crippen molar-refractivity contribution in [2.75, 3.05) is 14.2 Å². The van der Waals surface area contributed by atoms with Crippen molar-refractivity contribution in [2.24, 2.45) is 0 Å². The summed E-state index contributed by atoms with van der Waals surface area (Å²) in [6.07, 6.45) is 0. The van der Waals surface area contributed by atoms with E-state index in [2.05, 4.69) is 25.9 Å². The summed E-state index contributed by atoms with van der Waals surface area (Å²) < 4.78 is 11.8. The maximum atomic E-state index is 12.0. The molecule has 1 aromatic heterocycles. The van der Waals surface area contributed by atoms with Gasteiger partial charge >= 0.3 is 0 Å². The van der Waals surface area contributed by atoms with Gasteiger partial charge in [-0.2, -0.15) is 0 Å². The number of nitrogens with zero attached hydrogens (tertiary/aromatic N) is 1. The Balaban J connectivity index is 2.64. The van der Waals surface area contributed by atoms with Crippen LogP contribution in [0.2, 0.25) is 0 Å². The maximum Gasteiger partial charge on any atom is 0.264 e. The Morgan fingerprint density at radius 2 is 2.15 bits per heavy atom. The number of rotatable bonds is 4. The van der Waals surface area contributed by atoms with Gasteiger partial charge in [-0.1, -0.05) is 15.9 Å². The van der Waals surface area contributed by atoms with E-state index in [4.69, 9.17) is 9.47 Å². The second-order valence-electron chi connectivity index (χ2n) is 3.95. The van der Waals surface area contributed by atoms with Crippen molar-refractivity contribution in [1.82, 2.24) is 9.97 Å². The topological polar surface area (TPSA) is 64.2 Å². The minimum absolute atomic E-state index is 0.190. The van der Waals surface area contributed by atoms with Crippen LogP contribution in [-0.4, -0.2) is 24.2 Å². The summed E-state index contributed by atoms with van der Waals surface area (Å²) in [5.74, 6) is 1.10. The number of aromatic nitrogens is 2. The Morgan fingerprint density at radius 1 is 1.40 bits per heavy atom. The predicted octanol–water partition coefficient (Wildman–Crippen LogP) is 2.96. The smallest absolute Gasteiger partial charge is 0.264 e. The van der Waals surface area contributed by atoms with Crippen molar-refractivity contribution in [3.63, 3.8) is 0 Å². The fourth-order valence-electron chi connectivity index (χ4n) is 1.73. The molecule has 0 atom stereocenters. The van der Waals surface area contributed by atoms with Gasteiger partial charge in [0, 0.05) is 11.6 Å². The molecule has 1 heterocycles. The first-order valence-corrected chi connectivity index (χ1v) is 7.55. The average Bonchev–Trinajstić information content (AvgIpc) is 2.43. The quantitative estimate of drug-likeness (QED) is 0.727. The largest absolute Gasteiger partial charge is 0.496 e. The first-order chi connectivity index (χ1) is 9.56. The lowest BCUT2D eigenvalue weighted by Crippen LogP contribution is -2.17. The first kappa shape index (κ1) is 15.5. The number of hydrogen-bond acceptors (Lipinski definition) is 4. The number of halogens is 2. The molecule has 0 aliphatic carbocycles. The normalized spacial score (nSPS) is 10.6. The molecule has 0 amide bonds. The van der Waals surface area contributed by atoms with Crippen LogP contribution in [0.25, 0.3) is 11.4 Å². The number of ether oxygens (including phenoxy) is 2. The second kappa shape index (κ2) is 6.68. The summed E-state index contributed by atoms with van der Waals surface area (Å²) in [5, 5.41) is 0. The van der Waals surface area contributed by atoms with Gasteiger partial charge < -0.3 is 14.5 Å². The third kappa shape index (κ3) is 3.21. The fourth-order valence-corrected chi connectivity index (χ4v) is 2.50. The molecule has 0 radical (unpaired) electrons. The molecule has 0 aliphatic heterocycles. The molecule has 1 aromatic carbocycles. The van der Waals surface area contributed by atoms with Crippen molar-refractivity contribution in [3.05, 3.63) is 42.3 Å². The van der Waals surface area contributed by atoms with E-state index in [0.29, 0.717) is 26.4 Å². The van der Waals surface area contributed by atoms with Gasteiger partial charge in [-0.3, -0.25) is 4.79 Å². The maximum absolute atomic E-state index is 12.0. The van der Waals surface area contributed by atoms with Crippen LogP contribution in [0.3, 0.4) is 0 Å². The van der Waals surface area contributed by atoms with E-state index >= 15 is 0 Å². The molecule has 2 aromatic rings. The summed E-state index contributed by atoms with van der Waals surface area (Å²) in [5.41, 5.74) is 1.13. The average molecular weight is 451 g/mol. The third-order valence-corrected chi connectivity index (χ3v) is 4.23. The van der Waals surface area contributed by atoms with E-state index in [1.807, 2.05) is 40.8 Å². The number of nitrogens with one attached hydrogen (secondary N) is 1. The van der Waals surface area contributed by atoms with Crippen LogP contribution in [0, 0.1) is 3.57 Å². The lowest BCUT2D eigenvalue weighted by molar-refractivity contribution is 0.180. The monoisotopic (exact) mass is 450 g/mol. The highest BCUT2D eigenvalue weighted by molar-refractivity contribution is 14.1. The van der Waals surface area contributed by atoms with Crippen molar-refractivity contribution < 1.29 is 9.47 Å². The van der Waals surface area contributed by atoms with E-state index in [1.54, 1.807) is 14.2 Å². The molecule has 0 aliphatic rings. The van der Waals surface area contributed by atoms with Crippen molar-refractivity contribution in [3.8, 4) is 17.1 Å². The van der Waals surface area contributed by atoms with Crippen LogP contribution in [-0.2, 0) is 11.3 Å². The highest BCUT2D eigenvalue weighted by Crippen LogP contribution is 2.30. The van der Waals surface area contributed by atoms with Crippen LogP contribution >= 0.6 is 38.5 Å². The molecular formula is C13H12BrIN2O3. The van der Waals surface area contributed by atoms with Gasteiger partial charge in [0.05, 0.1) is 25.0 Å². The minimum atomic E-state index is -0.190. The molecular weight excluding hydrogens is 439 g/mol. The van der Waals surface area contributed by atoms with Crippen LogP contribution in [0.1, 0.15) is 5.69 Å². The summed E-state index contributed by atoms with van der Waals surface area (Å²) in [7, 11) is 3.14. The number of H-pyrrole nitrogens is 1. The van der Waals surface area contributed by atoms with Crippen molar-refractivity contribution >= 4 is 38.5 Å². The van der Waals surface area contributed by atoms with E-state index in [9.17, 15) is 4.79 Å². The lowest BCUT2D eigenvalue weighted by atomic mass is 10.2. The number of benzene rings is 1. The molecule has 0 saturated carbocycles. The van der Waals surface area contributed by atoms with Gasteiger partial charge in [0.15, 0.2) is 0 Å². The highest BCUT2D eigenvalue weighted by atomic mass is 127. The Morgan fingerprint density at radius 3 is 2.80 bits per heavy atom. The summed E-state index contributed by atoms with van der Waals surface area (Å²) >= 11 is 5.37. The van der Waals surface area contributed by atoms with E-state index in [0.717, 1.165) is 4.47 Å². The molecule has 1 N–H and O–H groups in total. The zero-order valence-electron chi connectivity index (χ0n) is 10.9. The van der Waals surface area contributed by atoms with Crippen molar-refractivity contribution in [1.29, 1.82) is 0 Å². The highest BCUT2D eigenvalue weighted by Gasteiger charge is 2.13. The Bertz CT molecular complexity index is 688. The Hall–Kier alpha value is -0.930. The fraction of sp³-hybridized carbons (Fsp3) is 0.231. The van der Waals surface area contributed by atoms with Gasteiger partial charge in [-0.15, -0.1) is 0 Å². The van der Waals surface area contributed by atoms with Crippen LogP contribution in [0.15, 0.2) is 27.5 Å². The predicted molar refractivity (Wildman–Crippen MR) is 88.0 cm³/mol. The Labute approximate surface area is 138 Å². The summed E-state index contributed by atoms with van der Waals surface area (Å²) in [4.78, 5) is 19.2. The van der Waals surface area contributed by atoms with Crippen molar-refractivity contribution in [2.45, 2.75) is 6.61 Å². The lowest BCUT2D eigenvalue weighted by Gasteiger charge is -2.10. The SMILES string of the molecule is COCc1nc(-c2cc(Br)ccc2OC)[nH]c(=O)c1I. The molecule has 20 heavy (non-hydrogen) atoms. The van der Waals surface area contributed by atoms with Gasteiger partial charge in [0.1, 0.15) is 15.1 Å². The third-order valence-electron chi connectivity index (χ3n) is 2.63. The zero-order chi connectivity index (χ0) is 14.7. The summed E-state index contributed by atoms with van der Waals surface area (Å²) in [6, 6.07) is 5.52. The number of methoxy groups -OCH3 is 2. The molecule has 0 fully saturated rings. The molecule has 0 saturated heterocycles. The van der Waals surface area contributed by atoms with Gasteiger partial charge in [0.2, 0.25) is 0 Å². The minimum Gasteiger partial charge on any atom is -0.496 e. The molecule has 0 spiro atoms. The standard InChI is InChI=1S/C13H12BrIN2O3/c1-19-6-9-11(15)13(18)17-12(16-9)8-5-7(14)3-4-10(8)20-2/h3-5H,6H2,1-2H3,(H,16,17,18). The molecule has 2 rings (SSSR count).